The van der Waals surface area contributed by atoms with Gasteiger partial charge in [-0.05, 0) is 5.16 Å². The number of alkyl halides is 1. The molecule has 1 heterocycles. The van der Waals surface area contributed by atoms with Gasteiger partial charge in [0.2, 0.25) is 0 Å². The second-order valence-corrected chi connectivity index (χ2v) is 3.87. The molecule has 7 N–H and O–H groups in total. The van der Waals surface area contributed by atoms with Gasteiger partial charge >= 0.3 is 0 Å². The Balaban J connectivity index is 2.90. The van der Waals surface area contributed by atoms with Crippen LogP contribution in [0.2, 0.25) is 0 Å². The van der Waals surface area contributed by atoms with Gasteiger partial charge in [-0.2, -0.15) is 4.99 Å². The fraction of sp³-hybridized carbons (Fsp3) is 0.500. The summed E-state index contributed by atoms with van der Waals surface area (Å²) in [6, 6.07) is 0. The zero-order valence-corrected chi connectivity index (χ0v) is 10.2. The van der Waals surface area contributed by atoms with Crippen molar-refractivity contribution < 1.29 is 24.5 Å². The van der Waals surface area contributed by atoms with Crippen LogP contribution < -0.4 is 11.1 Å². The lowest BCUT2D eigenvalue weighted by Gasteiger charge is -2.23. The summed E-state index contributed by atoms with van der Waals surface area (Å²) in [7, 11) is 0. The normalized spacial score (nSPS) is 34.6. The van der Waals surface area contributed by atoms with Crippen LogP contribution in [0, 0.1) is 17.8 Å². The van der Waals surface area contributed by atoms with E-state index in [0.717, 1.165) is 0 Å². The SMILES string of the molecule is C#C[C@]1(CO)O[C@@H](NC(=N/O)/N=C(/N)C=N)[C@H](F)[C@@H]1O. The van der Waals surface area contributed by atoms with Gasteiger partial charge in [0.05, 0.1) is 12.8 Å². The maximum Gasteiger partial charge on any atom is 0.263 e. The van der Waals surface area contributed by atoms with Gasteiger partial charge in [-0.15, -0.1) is 6.42 Å². The van der Waals surface area contributed by atoms with Crippen molar-refractivity contribution in [2.45, 2.75) is 24.1 Å². The Labute approximate surface area is 113 Å². The number of nitrogens with two attached hydrogens (primary N) is 1. The lowest BCUT2D eigenvalue weighted by molar-refractivity contribution is -0.0743. The van der Waals surface area contributed by atoms with Gasteiger partial charge in [-0.3, -0.25) is 0 Å². The van der Waals surface area contributed by atoms with Crippen LogP contribution in [0.25, 0.3) is 0 Å². The highest BCUT2D eigenvalue weighted by atomic mass is 19.1. The Morgan fingerprint density at radius 3 is 2.75 bits per heavy atom. The van der Waals surface area contributed by atoms with Gasteiger partial charge < -0.3 is 36.6 Å². The molecule has 110 valence electrons. The van der Waals surface area contributed by atoms with E-state index in [2.05, 4.69) is 15.5 Å². The summed E-state index contributed by atoms with van der Waals surface area (Å²) >= 11 is 0. The smallest absolute Gasteiger partial charge is 0.263 e. The van der Waals surface area contributed by atoms with E-state index in [1.165, 1.54) is 0 Å². The Kier molecular flexibility index (Phi) is 4.98. The van der Waals surface area contributed by atoms with Gasteiger partial charge in [0.25, 0.3) is 5.96 Å². The van der Waals surface area contributed by atoms with E-state index in [4.69, 9.17) is 32.6 Å². The van der Waals surface area contributed by atoms with Gasteiger partial charge in [-0.25, -0.2) is 4.39 Å². The van der Waals surface area contributed by atoms with Crippen LogP contribution in [0.1, 0.15) is 0 Å². The van der Waals surface area contributed by atoms with E-state index in [9.17, 15) is 9.50 Å². The van der Waals surface area contributed by atoms with Crippen molar-refractivity contribution in [1.82, 2.24) is 5.32 Å². The van der Waals surface area contributed by atoms with Crippen LogP contribution in [-0.4, -0.2) is 64.1 Å². The van der Waals surface area contributed by atoms with E-state index >= 15 is 0 Å². The summed E-state index contributed by atoms with van der Waals surface area (Å²) in [5, 5.41) is 39.1. The number of rotatable bonds is 3. The minimum Gasteiger partial charge on any atom is -0.408 e. The first-order chi connectivity index (χ1) is 9.43. The molecule has 0 saturated carbocycles. The zero-order valence-electron chi connectivity index (χ0n) is 10.2. The average Bonchev–Trinajstić information content (AvgIpc) is 2.71. The largest absolute Gasteiger partial charge is 0.408 e. The number of ether oxygens (including phenoxy) is 1. The molecule has 0 aromatic carbocycles. The van der Waals surface area contributed by atoms with Crippen molar-refractivity contribution in [3.05, 3.63) is 0 Å². The molecular formula is C10H14FN5O4. The number of guanidine groups is 1. The summed E-state index contributed by atoms with van der Waals surface area (Å²) < 4.78 is 18.9. The van der Waals surface area contributed by atoms with Crippen molar-refractivity contribution >= 4 is 18.0 Å². The van der Waals surface area contributed by atoms with E-state index in [1.54, 1.807) is 0 Å². The molecule has 0 bridgehead atoms. The number of halogens is 1. The first-order valence-corrected chi connectivity index (χ1v) is 5.36. The summed E-state index contributed by atoms with van der Waals surface area (Å²) in [6.07, 6.45) is 0.484. The summed E-state index contributed by atoms with van der Waals surface area (Å²) in [6.45, 7) is -0.805. The van der Waals surface area contributed by atoms with E-state index in [0.29, 0.717) is 6.21 Å². The van der Waals surface area contributed by atoms with Crippen molar-refractivity contribution in [2.75, 3.05) is 6.61 Å². The summed E-state index contributed by atoms with van der Waals surface area (Å²) in [5.74, 6) is 1.12. The second-order valence-electron chi connectivity index (χ2n) is 3.87. The van der Waals surface area contributed by atoms with Crippen molar-refractivity contribution in [3.8, 4) is 12.3 Å². The van der Waals surface area contributed by atoms with Crippen molar-refractivity contribution in [2.24, 2.45) is 15.9 Å². The molecule has 0 unspecified atom stereocenters. The molecule has 10 heteroatoms. The quantitative estimate of drug-likeness (QED) is 0.113. The molecule has 0 amide bonds. The van der Waals surface area contributed by atoms with Crippen LogP contribution in [0.4, 0.5) is 4.39 Å². The number of amidine groups is 1. The van der Waals surface area contributed by atoms with Crippen LogP contribution >= 0.6 is 0 Å². The lowest BCUT2D eigenvalue weighted by Crippen LogP contribution is -2.44. The third-order valence-corrected chi connectivity index (χ3v) is 2.63. The molecule has 20 heavy (non-hydrogen) atoms. The molecule has 4 atom stereocenters. The molecule has 0 spiro atoms. The maximum atomic E-state index is 13.9. The maximum absolute atomic E-state index is 13.9. The minimum absolute atomic E-state index is 0.315. The van der Waals surface area contributed by atoms with Crippen LogP contribution in [-0.2, 0) is 4.74 Å². The van der Waals surface area contributed by atoms with Crippen LogP contribution in [0.15, 0.2) is 10.1 Å². The molecule has 0 aliphatic carbocycles. The fourth-order valence-corrected chi connectivity index (χ4v) is 1.55. The number of oxime groups is 1. The molecule has 1 aliphatic heterocycles. The van der Waals surface area contributed by atoms with Gasteiger partial charge in [-0.1, -0.05) is 5.92 Å². The molecular weight excluding hydrogens is 273 g/mol. The molecule has 9 nitrogen and oxygen atoms in total. The number of aliphatic imine (C=N–C) groups is 1. The van der Waals surface area contributed by atoms with Crippen LogP contribution in [0.3, 0.4) is 0 Å². The monoisotopic (exact) mass is 287 g/mol. The topological polar surface area (TPSA) is 157 Å². The third-order valence-electron chi connectivity index (χ3n) is 2.63. The Bertz CT molecular complexity index is 477. The molecule has 1 fully saturated rings. The Morgan fingerprint density at radius 2 is 2.35 bits per heavy atom. The first kappa shape index (κ1) is 15.8. The molecule has 0 radical (unpaired) electrons. The van der Waals surface area contributed by atoms with Gasteiger partial charge in [0.1, 0.15) is 11.9 Å². The number of nitrogens with zero attached hydrogens (tertiary/aromatic N) is 2. The highest BCUT2D eigenvalue weighted by Crippen LogP contribution is 2.31. The first-order valence-electron chi connectivity index (χ1n) is 5.36. The standard InChI is InChI=1S/C10H14FN5O4/c1-2-10(4-17)7(18)6(11)8(20-10)15-9(16-19)14-5(13)3-12/h1,3,6-8,12,17-19H,4H2,(H3,13,14,15,16)/t6-,7+,8-,10-/m1/s1. The Hall–Kier alpha value is -2.22. The van der Waals surface area contributed by atoms with E-state index in [-0.39, 0.29) is 5.84 Å². The number of aliphatic hydroxyl groups is 2. The molecule has 1 rings (SSSR count). The number of aliphatic hydroxyl groups excluding tert-OH is 2. The number of hydrogen-bond donors (Lipinski definition) is 6. The summed E-state index contributed by atoms with van der Waals surface area (Å²) in [4.78, 5) is 3.43. The van der Waals surface area contributed by atoms with Crippen molar-refractivity contribution in [3.63, 3.8) is 0 Å². The van der Waals surface area contributed by atoms with Crippen molar-refractivity contribution in [1.29, 1.82) is 5.41 Å². The highest BCUT2D eigenvalue weighted by molar-refractivity contribution is 6.29. The van der Waals surface area contributed by atoms with E-state index in [1.807, 2.05) is 5.92 Å². The predicted octanol–water partition coefficient (Wildman–Crippen LogP) is -2.25. The zero-order chi connectivity index (χ0) is 15.3. The minimum atomic E-state index is -2.01. The Morgan fingerprint density at radius 1 is 1.70 bits per heavy atom. The lowest BCUT2D eigenvalue weighted by atomic mass is 9.98. The number of hydrogen-bond acceptors (Lipinski definition) is 6. The third kappa shape index (κ3) is 2.85. The van der Waals surface area contributed by atoms with Crippen LogP contribution in [0.5, 0.6) is 0 Å². The summed E-state index contributed by atoms with van der Waals surface area (Å²) in [5.41, 5.74) is 3.30. The molecule has 0 aromatic heterocycles. The fourth-order valence-electron chi connectivity index (χ4n) is 1.55. The molecule has 0 aromatic rings. The number of nitrogens with one attached hydrogen (secondary N) is 2. The van der Waals surface area contributed by atoms with Gasteiger partial charge in [0, 0.05) is 0 Å². The van der Waals surface area contributed by atoms with E-state index < -0.39 is 36.7 Å². The highest BCUT2D eigenvalue weighted by Gasteiger charge is 2.54. The average molecular weight is 287 g/mol. The predicted molar refractivity (Wildman–Crippen MR) is 67.2 cm³/mol. The molecule has 1 aliphatic rings. The second kappa shape index (κ2) is 6.29. The van der Waals surface area contributed by atoms with Gasteiger partial charge in [0.15, 0.2) is 18.0 Å². The molecule has 1 saturated heterocycles. The number of terminal acetylenes is 1.